The van der Waals surface area contributed by atoms with Crippen LogP contribution >= 0.6 is 11.6 Å². The Bertz CT molecular complexity index is 728. The van der Waals surface area contributed by atoms with Gasteiger partial charge in [-0.2, -0.15) is 0 Å². The molecule has 5 nitrogen and oxygen atoms in total. The Morgan fingerprint density at radius 3 is 2.77 bits per heavy atom. The number of hydrogen-bond donors (Lipinski definition) is 1. The highest BCUT2D eigenvalue weighted by molar-refractivity contribution is 6.30. The van der Waals surface area contributed by atoms with Gasteiger partial charge in [-0.3, -0.25) is 9.59 Å². The van der Waals surface area contributed by atoms with Crippen molar-refractivity contribution >= 4 is 23.4 Å². The van der Waals surface area contributed by atoms with Gasteiger partial charge in [-0.1, -0.05) is 23.7 Å². The number of benzene rings is 1. The number of carbonyl (C=O) groups excluding carboxylic acids is 2. The summed E-state index contributed by atoms with van der Waals surface area (Å²) in [5.74, 6) is 0.271. The Morgan fingerprint density at radius 2 is 2.04 bits per heavy atom. The van der Waals surface area contributed by atoms with Gasteiger partial charge in [0, 0.05) is 30.6 Å². The molecule has 2 amide bonds. The molecule has 0 aliphatic carbocycles. The van der Waals surface area contributed by atoms with E-state index in [2.05, 4.69) is 5.32 Å². The topological polar surface area (TPSA) is 62.6 Å². The molecule has 1 aliphatic heterocycles. The third-order valence-electron chi connectivity index (χ3n) is 4.59. The number of nitrogens with one attached hydrogen (secondary N) is 1. The molecule has 1 unspecified atom stereocenters. The first-order valence-corrected chi connectivity index (χ1v) is 9.36. The van der Waals surface area contributed by atoms with Gasteiger partial charge in [-0.05, 0) is 55.5 Å². The molecule has 3 rings (SSSR count). The van der Waals surface area contributed by atoms with Crippen molar-refractivity contribution in [2.24, 2.45) is 0 Å². The molecule has 1 saturated heterocycles. The summed E-state index contributed by atoms with van der Waals surface area (Å²) in [4.78, 5) is 26.3. The lowest BCUT2D eigenvalue weighted by Crippen LogP contribution is -2.49. The monoisotopic (exact) mass is 374 g/mol. The number of amides is 2. The lowest BCUT2D eigenvalue weighted by Gasteiger charge is -2.32. The van der Waals surface area contributed by atoms with Crippen LogP contribution in [0.15, 0.2) is 47.1 Å². The van der Waals surface area contributed by atoms with E-state index in [1.54, 1.807) is 17.0 Å². The number of piperidine rings is 1. The molecule has 1 N–H and O–H groups in total. The Balaban J connectivity index is 1.42. The Hall–Kier alpha value is -2.27. The average Bonchev–Trinajstić information content (AvgIpc) is 3.18. The summed E-state index contributed by atoms with van der Waals surface area (Å²) in [7, 11) is 0. The maximum absolute atomic E-state index is 12.4. The van der Waals surface area contributed by atoms with Crippen LogP contribution in [0.4, 0.5) is 0 Å². The minimum atomic E-state index is -0.114. The van der Waals surface area contributed by atoms with E-state index in [-0.39, 0.29) is 17.9 Å². The van der Waals surface area contributed by atoms with Crippen LogP contribution < -0.4 is 5.32 Å². The summed E-state index contributed by atoms with van der Waals surface area (Å²) in [6, 6.07) is 11.1. The van der Waals surface area contributed by atoms with Gasteiger partial charge in [0.1, 0.15) is 0 Å². The van der Waals surface area contributed by atoms with Gasteiger partial charge < -0.3 is 14.6 Å². The smallest absolute Gasteiger partial charge is 0.289 e. The van der Waals surface area contributed by atoms with Crippen molar-refractivity contribution in [2.75, 3.05) is 13.1 Å². The number of likely N-dealkylation sites (tertiary alicyclic amines) is 1. The summed E-state index contributed by atoms with van der Waals surface area (Å²) in [5, 5.41) is 3.78. The summed E-state index contributed by atoms with van der Waals surface area (Å²) in [6.45, 7) is 1.23. The highest BCUT2D eigenvalue weighted by Crippen LogP contribution is 2.15. The number of hydrogen-bond acceptors (Lipinski definition) is 3. The molecule has 0 spiro atoms. The minimum absolute atomic E-state index is 0.00527. The second-order valence-corrected chi connectivity index (χ2v) is 7.05. The molecule has 138 valence electrons. The molecular formula is C20H23ClN2O3. The maximum atomic E-state index is 12.4. The highest BCUT2D eigenvalue weighted by atomic mass is 35.5. The van der Waals surface area contributed by atoms with Crippen LogP contribution in [-0.4, -0.2) is 35.8 Å². The van der Waals surface area contributed by atoms with E-state index in [1.165, 1.54) is 11.8 Å². The van der Waals surface area contributed by atoms with Crippen molar-refractivity contribution in [1.29, 1.82) is 0 Å². The number of carbonyl (C=O) groups is 2. The molecule has 26 heavy (non-hydrogen) atoms. The summed E-state index contributed by atoms with van der Waals surface area (Å²) < 4.78 is 5.18. The van der Waals surface area contributed by atoms with Crippen molar-refractivity contribution in [3.63, 3.8) is 0 Å². The first-order chi connectivity index (χ1) is 12.6. The second-order valence-electron chi connectivity index (χ2n) is 6.62. The van der Waals surface area contributed by atoms with E-state index in [9.17, 15) is 9.59 Å². The number of rotatable bonds is 6. The largest absolute Gasteiger partial charge is 0.459 e. The van der Waals surface area contributed by atoms with Crippen molar-refractivity contribution in [3.05, 3.63) is 59.0 Å². The molecular weight excluding hydrogens is 352 g/mol. The Kier molecular flexibility index (Phi) is 6.34. The van der Waals surface area contributed by atoms with E-state index in [4.69, 9.17) is 16.0 Å². The van der Waals surface area contributed by atoms with Crippen molar-refractivity contribution in [1.82, 2.24) is 10.2 Å². The van der Waals surface area contributed by atoms with Gasteiger partial charge >= 0.3 is 0 Å². The standard InChI is InChI=1S/C20H23ClN2O3/c21-16-10-8-15(9-11-16)4-1-7-19(24)22-17-5-2-12-23(14-17)20(25)18-6-3-13-26-18/h3,6,8-11,13,17H,1-2,4-5,7,12,14H2,(H,22,24). The molecule has 1 aromatic carbocycles. The maximum Gasteiger partial charge on any atom is 0.289 e. The number of furan rings is 1. The minimum Gasteiger partial charge on any atom is -0.459 e. The highest BCUT2D eigenvalue weighted by Gasteiger charge is 2.26. The van der Waals surface area contributed by atoms with Gasteiger partial charge in [0.2, 0.25) is 5.91 Å². The van der Waals surface area contributed by atoms with E-state index in [1.807, 2.05) is 24.3 Å². The predicted octanol–water partition coefficient (Wildman–Crippen LogP) is 3.68. The average molecular weight is 375 g/mol. The number of nitrogens with zero attached hydrogens (tertiary/aromatic N) is 1. The van der Waals surface area contributed by atoms with Crippen LogP contribution in [-0.2, 0) is 11.2 Å². The quantitative estimate of drug-likeness (QED) is 0.839. The summed E-state index contributed by atoms with van der Waals surface area (Å²) in [5.41, 5.74) is 1.18. The first kappa shape index (κ1) is 18.5. The van der Waals surface area contributed by atoms with Crippen LogP contribution in [0.25, 0.3) is 0 Å². The third-order valence-corrected chi connectivity index (χ3v) is 4.84. The second kappa shape index (κ2) is 8.90. The molecule has 0 bridgehead atoms. The van der Waals surface area contributed by atoms with Crippen molar-refractivity contribution in [3.8, 4) is 0 Å². The molecule has 2 heterocycles. The normalized spacial score (nSPS) is 17.1. The van der Waals surface area contributed by atoms with E-state index in [0.717, 1.165) is 30.7 Å². The van der Waals surface area contributed by atoms with Gasteiger partial charge in [0.05, 0.1) is 6.26 Å². The lowest BCUT2D eigenvalue weighted by molar-refractivity contribution is -0.122. The van der Waals surface area contributed by atoms with Crippen LogP contribution in [0, 0.1) is 0 Å². The number of aryl methyl sites for hydroxylation is 1. The SMILES string of the molecule is O=C(CCCc1ccc(Cl)cc1)NC1CCCN(C(=O)c2ccco2)C1. The molecule has 1 atom stereocenters. The summed E-state index contributed by atoms with van der Waals surface area (Å²) >= 11 is 5.87. The molecule has 1 aliphatic rings. The zero-order valence-corrected chi connectivity index (χ0v) is 15.4. The molecule has 2 aromatic rings. The van der Waals surface area contributed by atoms with Gasteiger partial charge in [0.25, 0.3) is 5.91 Å². The molecule has 1 fully saturated rings. The van der Waals surface area contributed by atoms with E-state index >= 15 is 0 Å². The zero-order valence-electron chi connectivity index (χ0n) is 14.6. The van der Waals surface area contributed by atoms with Crippen LogP contribution in [0.5, 0.6) is 0 Å². The zero-order chi connectivity index (χ0) is 18.4. The van der Waals surface area contributed by atoms with E-state index in [0.29, 0.717) is 25.3 Å². The van der Waals surface area contributed by atoms with Crippen LogP contribution in [0.1, 0.15) is 41.8 Å². The van der Waals surface area contributed by atoms with Gasteiger partial charge in [-0.25, -0.2) is 0 Å². The molecule has 1 aromatic heterocycles. The Morgan fingerprint density at radius 1 is 1.23 bits per heavy atom. The fraction of sp³-hybridized carbons (Fsp3) is 0.400. The molecule has 6 heteroatoms. The predicted molar refractivity (Wildman–Crippen MR) is 100 cm³/mol. The van der Waals surface area contributed by atoms with E-state index < -0.39 is 0 Å². The fourth-order valence-electron chi connectivity index (χ4n) is 3.24. The molecule has 0 radical (unpaired) electrons. The van der Waals surface area contributed by atoms with Crippen LogP contribution in [0.2, 0.25) is 5.02 Å². The Labute approximate surface area is 158 Å². The number of halogens is 1. The first-order valence-electron chi connectivity index (χ1n) is 8.98. The van der Waals surface area contributed by atoms with Gasteiger partial charge in [-0.15, -0.1) is 0 Å². The van der Waals surface area contributed by atoms with Crippen molar-refractivity contribution in [2.45, 2.75) is 38.1 Å². The fourth-order valence-corrected chi connectivity index (χ4v) is 3.37. The van der Waals surface area contributed by atoms with Crippen molar-refractivity contribution < 1.29 is 14.0 Å². The lowest BCUT2D eigenvalue weighted by atomic mass is 10.0. The summed E-state index contributed by atoms with van der Waals surface area (Å²) in [6.07, 6.45) is 5.38. The molecule has 0 saturated carbocycles. The van der Waals surface area contributed by atoms with Gasteiger partial charge in [0.15, 0.2) is 5.76 Å². The van der Waals surface area contributed by atoms with Crippen LogP contribution in [0.3, 0.4) is 0 Å². The third kappa shape index (κ3) is 5.11.